The third-order valence-corrected chi connectivity index (χ3v) is 7.95. The van der Waals surface area contributed by atoms with Gasteiger partial charge in [0.25, 0.3) is 5.88 Å². The van der Waals surface area contributed by atoms with E-state index in [1.807, 2.05) is 23.6 Å². The minimum Gasteiger partial charge on any atom is -0.496 e. The molecular formula is C27H37N3O5S. The molecule has 2 fully saturated rings. The largest absolute Gasteiger partial charge is 0.496 e. The Bertz CT molecular complexity index is 1140. The molecule has 3 aromatic rings. The summed E-state index contributed by atoms with van der Waals surface area (Å²) in [6.07, 6.45) is 4.81. The molecule has 1 saturated heterocycles. The minimum atomic E-state index is 0.481. The Morgan fingerprint density at radius 3 is 2.28 bits per heavy atom. The van der Waals surface area contributed by atoms with E-state index >= 15 is 0 Å². The third kappa shape index (κ3) is 5.14. The first-order valence-electron chi connectivity index (χ1n) is 12.9. The number of fused-ring (bicyclic) bond motifs is 1. The third-order valence-electron chi connectivity index (χ3n) is 7.02. The predicted octanol–water partition coefficient (Wildman–Crippen LogP) is 5.27. The van der Waals surface area contributed by atoms with E-state index in [9.17, 15) is 0 Å². The first kappa shape index (κ1) is 25.2. The summed E-state index contributed by atoms with van der Waals surface area (Å²) in [6.45, 7) is 6.82. The van der Waals surface area contributed by atoms with Crippen molar-refractivity contribution in [3.8, 4) is 28.6 Å². The fourth-order valence-electron chi connectivity index (χ4n) is 5.05. The number of aromatic nitrogens is 2. The maximum Gasteiger partial charge on any atom is 0.258 e. The zero-order valence-corrected chi connectivity index (χ0v) is 22.6. The van der Waals surface area contributed by atoms with Crippen molar-refractivity contribution in [1.82, 2.24) is 9.61 Å². The van der Waals surface area contributed by atoms with Crippen molar-refractivity contribution in [2.75, 3.05) is 59.1 Å². The van der Waals surface area contributed by atoms with Crippen molar-refractivity contribution in [1.29, 1.82) is 0 Å². The Kier molecular flexibility index (Phi) is 7.88. The highest BCUT2D eigenvalue weighted by atomic mass is 32.1. The summed E-state index contributed by atoms with van der Waals surface area (Å²) >= 11 is 1.69. The van der Waals surface area contributed by atoms with Crippen LogP contribution in [0.4, 0.5) is 5.69 Å². The summed E-state index contributed by atoms with van der Waals surface area (Å²) in [5.41, 5.74) is 3.91. The fraction of sp³-hybridized carbons (Fsp3) is 0.593. The van der Waals surface area contributed by atoms with Gasteiger partial charge in [0.1, 0.15) is 22.0 Å². The summed E-state index contributed by atoms with van der Waals surface area (Å²) in [4.78, 5) is 3.63. The normalized spacial score (nSPS) is 16.4. The highest BCUT2D eigenvalue weighted by Gasteiger charge is 2.32. The second-order valence-corrected chi connectivity index (χ2v) is 10.5. The molecular weight excluding hydrogens is 478 g/mol. The molecule has 2 aliphatic rings. The van der Waals surface area contributed by atoms with Crippen LogP contribution in [0.2, 0.25) is 0 Å². The quantitative estimate of drug-likeness (QED) is 0.326. The maximum absolute atomic E-state index is 6.14. The lowest BCUT2D eigenvalue weighted by molar-refractivity contribution is 0.0681. The van der Waals surface area contributed by atoms with Crippen LogP contribution in [0.15, 0.2) is 17.5 Å². The summed E-state index contributed by atoms with van der Waals surface area (Å²) < 4.78 is 30.7. The van der Waals surface area contributed by atoms with E-state index in [0.717, 1.165) is 83.9 Å². The molecule has 1 aliphatic heterocycles. The van der Waals surface area contributed by atoms with Gasteiger partial charge < -0.3 is 28.6 Å². The average molecular weight is 516 g/mol. The zero-order chi connectivity index (χ0) is 25.1. The van der Waals surface area contributed by atoms with Gasteiger partial charge in [0, 0.05) is 38.8 Å². The van der Waals surface area contributed by atoms with Crippen LogP contribution in [0.1, 0.15) is 38.2 Å². The van der Waals surface area contributed by atoms with Gasteiger partial charge in [0.15, 0.2) is 0 Å². The average Bonchev–Trinajstić information content (AvgIpc) is 3.52. The number of methoxy groups -OCH3 is 3. The minimum absolute atomic E-state index is 0.481. The van der Waals surface area contributed by atoms with E-state index in [1.165, 1.54) is 12.8 Å². The van der Waals surface area contributed by atoms with E-state index in [-0.39, 0.29) is 0 Å². The number of hydrogen-bond acceptors (Lipinski definition) is 8. The summed E-state index contributed by atoms with van der Waals surface area (Å²) in [5, 5.41) is 7.13. The lowest BCUT2D eigenvalue weighted by atomic mass is 9.99. The number of anilines is 1. The molecule has 2 aromatic heterocycles. The lowest BCUT2D eigenvalue weighted by Crippen LogP contribution is -2.34. The van der Waals surface area contributed by atoms with Crippen molar-refractivity contribution < 1.29 is 23.7 Å². The van der Waals surface area contributed by atoms with Gasteiger partial charge in [-0.1, -0.05) is 0 Å². The Balaban J connectivity index is 1.60. The summed E-state index contributed by atoms with van der Waals surface area (Å²) in [7, 11) is 5.05. The smallest absolute Gasteiger partial charge is 0.258 e. The van der Waals surface area contributed by atoms with Gasteiger partial charge in [-0.2, -0.15) is 0 Å². The van der Waals surface area contributed by atoms with Crippen LogP contribution in [0.5, 0.6) is 17.4 Å². The van der Waals surface area contributed by atoms with E-state index < -0.39 is 0 Å². The van der Waals surface area contributed by atoms with Gasteiger partial charge in [0.05, 0.1) is 38.7 Å². The monoisotopic (exact) mass is 515 g/mol. The first-order valence-corrected chi connectivity index (χ1v) is 13.7. The Labute approximate surface area is 217 Å². The van der Waals surface area contributed by atoms with Gasteiger partial charge in [-0.05, 0) is 62.1 Å². The summed E-state index contributed by atoms with van der Waals surface area (Å²) in [5.74, 6) is 3.53. The van der Waals surface area contributed by atoms with Crippen molar-refractivity contribution in [2.45, 2.75) is 39.2 Å². The Hall–Kier alpha value is -2.49. The highest BCUT2D eigenvalue weighted by Crippen LogP contribution is 2.46. The molecule has 5 rings (SSSR count). The molecule has 9 heteroatoms. The molecule has 0 unspecified atom stereocenters. The first-order chi connectivity index (χ1) is 17.7. The molecule has 3 heterocycles. The van der Waals surface area contributed by atoms with Crippen LogP contribution < -0.4 is 19.1 Å². The van der Waals surface area contributed by atoms with Crippen molar-refractivity contribution in [2.24, 2.45) is 11.8 Å². The zero-order valence-electron chi connectivity index (χ0n) is 21.7. The van der Waals surface area contributed by atoms with E-state index in [4.69, 9.17) is 28.8 Å². The van der Waals surface area contributed by atoms with Crippen molar-refractivity contribution in [3.05, 3.63) is 23.1 Å². The molecule has 1 aliphatic carbocycles. The van der Waals surface area contributed by atoms with E-state index in [1.54, 1.807) is 32.7 Å². The van der Waals surface area contributed by atoms with Gasteiger partial charge in [-0.3, -0.25) is 0 Å². The molecule has 0 N–H and O–H groups in total. The number of thiazole rings is 1. The molecule has 36 heavy (non-hydrogen) atoms. The number of hydrogen-bond donors (Lipinski definition) is 0. The molecule has 0 atom stereocenters. The number of rotatable bonds is 12. The maximum atomic E-state index is 6.14. The number of nitrogens with zero attached hydrogens (tertiary/aromatic N) is 3. The van der Waals surface area contributed by atoms with Gasteiger partial charge >= 0.3 is 0 Å². The highest BCUT2D eigenvalue weighted by molar-refractivity contribution is 7.16. The Morgan fingerprint density at radius 2 is 1.69 bits per heavy atom. The lowest BCUT2D eigenvalue weighted by Gasteiger charge is -2.31. The molecule has 0 bridgehead atoms. The molecule has 8 nitrogen and oxygen atoms in total. The Morgan fingerprint density at radius 1 is 1.03 bits per heavy atom. The standard InChI is InChI=1S/C27H37N3O5S/c1-5-35-26-25(29(14-18-6-7-18)15-19-8-10-34-11-9-19)27-30(28-26)21(17-36-27)24-22(32-3)12-20(16-31-2)13-23(24)33-4/h12-13,17-19H,5-11,14-16H2,1-4H3. The van der Waals surface area contributed by atoms with Crippen molar-refractivity contribution in [3.63, 3.8) is 0 Å². The second kappa shape index (κ2) is 11.3. The molecule has 196 valence electrons. The topological polar surface area (TPSA) is 66.7 Å². The predicted molar refractivity (Wildman–Crippen MR) is 142 cm³/mol. The molecule has 1 aromatic carbocycles. The van der Waals surface area contributed by atoms with Crippen LogP contribution in [0.25, 0.3) is 16.1 Å². The number of benzene rings is 1. The second-order valence-electron chi connectivity index (χ2n) is 9.64. The molecule has 0 amide bonds. The van der Waals surface area contributed by atoms with E-state index in [0.29, 0.717) is 25.0 Å². The van der Waals surface area contributed by atoms with Gasteiger partial charge in [0.2, 0.25) is 0 Å². The SMILES string of the molecule is CCOc1nn2c(-c3c(OC)cc(COC)cc3OC)csc2c1N(CC1CCOCC1)CC1CC1. The number of ether oxygens (including phenoxy) is 5. The van der Waals surface area contributed by atoms with Crippen molar-refractivity contribution >= 4 is 21.9 Å². The molecule has 1 saturated carbocycles. The molecule has 0 radical (unpaired) electrons. The van der Waals surface area contributed by atoms with Gasteiger partial charge in [-0.25, -0.2) is 4.52 Å². The van der Waals surface area contributed by atoms with Crippen LogP contribution in [0.3, 0.4) is 0 Å². The van der Waals surface area contributed by atoms with Crippen LogP contribution in [-0.2, 0) is 16.1 Å². The summed E-state index contributed by atoms with van der Waals surface area (Å²) in [6, 6.07) is 4.01. The van der Waals surface area contributed by atoms with Gasteiger partial charge in [-0.15, -0.1) is 16.4 Å². The van der Waals surface area contributed by atoms with Crippen LogP contribution in [0, 0.1) is 11.8 Å². The fourth-order valence-corrected chi connectivity index (χ4v) is 6.06. The molecule has 0 spiro atoms. The van der Waals surface area contributed by atoms with Crippen LogP contribution in [-0.4, -0.2) is 63.9 Å². The van der Waals surface area contributed by atoms with E-state index in [2.05, 4.69) is 10.3 Å². The van der Waals surface area contributed by atoms with Crippen LogP contribution >= 0.6 is 11.3 Å².